The number of amides is 1. The largest absolute Gasteiger partial charge is 0.491 e. The molecule has 182 valence electrons. The van der Waals surface area contributed by atoms with Crippen LogP contribution in [0.4, 0.5) is 22.0 Å². The van der Waals surface area contributed by atoms with Crippen molar-refractivity contribution in [3.63, 3.8) is 0 Å². The molecule has 1 heterocycles. The first-order valence-corrected chi connectivity index (χ1v) is 10.6. The zero-order valence-corrected chi connectivity index (χ0v) is 18.7. The molecule has 0 fully saturated rings. The van der Waals surface area contributed by atoms with Gasteiger partial charge in [0.2, 0.25) is 0 Å². The molecular weight excluding hydrogens is 469 g/mol. The van der Waals surface area contributed by atoms with Crippen molar-refractivity contribution in [3.05, 3.63) is 78.1 Å². The van der Waals surface area contributed by atoms with Gasteiger partial charge in [-0.3, -0.25) is 4.79 Å². The van der Waals surface area contributed by atoms with Gasteiger partial charge in [0, 0.05) is 17.9 Å². The highest BCUT2D eigenvalue weighted by atomic mass is 19.3. The van der Waals surface area contributed by atoms with Crippen molar-refractivity contribution in [3.8, 4) is 22.7 Å². The van der Waals surface area contributed by atoms with Gasteiger partial charge in [0.25, 0.3) is 5.91 Å². The number of nitrogens with zero attached hydrogens (tertiary/aromatic N) is 2. The topological polar surface area (TPSA) is 56.1 Å². The highest BCUT2D eigenvalue weighted by molar-refractivity contribution is 5.95. The molecule has 0 bridgehead atoms. The van der Waals surface area contributed by atoms with Crippen molar-refractivity contribution >= 4 is 16.8 Å². The first kappa shape index (κ1) is 24.2. The van der Waals surface area contributed by atoms with E-state index in [2.05, 4.69) is 10.4 Å². The molecule has 0 spiro atoms. The molecule has 1 unspecified atom stereocenters. The molecule has 35 heavy (non-hydrogen) atoms. The van der Waals surface area contributed by atoms with Crippen LogP contribution in [0, 0.1) is 17.5 Å². The molecule has 0 aliphatic heterocycles. The Morgan fingerprint density at radius 3 is 2.40 bits per heavy atom. The molecule has 4 aromatic rings. The van der Waals surface area contributed by atoms with Gasteiger partial charge in [0.05, 0.1) is 17.2 Å². The Balaban J connectivity index is 1.70. The molecule has 1 N–H and O–H groups in total. The second-order valence-corrected chi connectivity index (χ2v) is 8.12. The highest BCUT2D eigenvalue weighted by Crippen LogP contribution is 2.33. The Morgan fingerprint density at radius 1 is 1.03 bits per heavy atom. The summed E-state index contributed by atoms with van der Waals surface area (Å²) in [4.78, 5) is 11.5. The summed E-state index contributed by atoms with van der Waals surface area (Å²) in [5.41, 5.74) is 1.74. The monoisotopic (exact) mass is 489 g/mol. The summed E-state index contributed by atoms with van der Waals surface area (Å²) in [7, 11) is 0. The summed E-state index contributed by atoms with van der Waals surface area (Å²) >= 11 is 0. The quantitative estimate of drug-likeness (QED) is 0.342. The van der Waals surface area contributed by atoms with Crippen molar-refractivity contribution < 1.29 is 31.5 Å². The van der Waals surface area contributed by atoms with Gasteiger partial charge in [-0.05, 0) is 67.6 Å². The van der Waals surface area contributed by atoms with E-state index in [0.717, 1.165) is 12.1 Å². The zero-order chi connectivity index (χ0) is 25.3. The van der Waals surface area contributed by atoms with Crippen LogP contribution in [-0.4, -0.2) is 34.3 Å². The lowest BCUT2D eigenvalue weighted by molar-refractivity contribution is -0.143. The number of rotatable bonds is 7. The molecule has 1 atom stereocenters. The number of ether oxygens (including phenoxy) is 1. The molecular formula is C25H20F5N3O2. The number of fused-ring (bicyclic) bond motifs is 1. The van der Waals surface area contributed by atoms with Crippen LogP contribution in [0.3, 0.4) is 0 Å². The molecule has 0 aliphatic rings. The van der Waals surface area contributed by atoms with Crippen LogP contribution in [0.5, 0.6) is 5.75 Å². The van der Waals surface area contributed by atoms with E-state index in [0.29, 0.717) is 40.5 Å². The minimum atomic E-state index is -3.51. The van der Waals surface area contributed by atoms with Crippen molar-refractivity contribution in [2.24, 2.45) is 0 Å². The maximum atomic E-state index is 14.0. The third kappa shape index (κ3) is 5.26. The molecule has 3 aromatic carbocycles. The summed E-state index contributed by atoms with van der Waals surface area (Å²) in [6, 6.07) is 13.2. The van der Waals surface area contributed by atoms with E-state index in [1.165, 1.54) is 41.9 Å². The van der Waals surface area contributed by atoms with E-state index in [9.17, 15) is 26.7 Å². The van der Waals surface area contributed by atoms with Crippen LogP contribution in [0.2, 0.25) is 0 Å². The van der Waals surface area contributed by atoms with Crippen LogP contribution in [0.1, 0.15) is 13.8 Å². The Kier molecular flexibility index (Phi) is 6.47. The molecule has 0 saturated heterocycles. The average molecular weight is 489 g/mol. The standard InChI is InChI=1S/C25H20F5N3O2/c1-14(31-24(34)25(2,29)30)13-35-18-8-10-22-19(12-18)23(15-3-9-20(27)21(28)11-15)32-33(22)17-6-4-16(26)5-7-17/h3-12,14H,13H2,1-2H3,(H,31,34). The minimum Gasteiger partial charge on any atom is -0.491 e. The van der Waals surface area contributed by atoms with E-state index < -0.39 is 35.3 Å². The van der Waals surface area contributed by atoms with Crippen molar-refractivity contribution in [1.82, 2.24) is 15.1 Å². The molecule has 4 rings (SSSR count). The number of alkyl halides is 2. The smallest absolute Gasteiger partial charge is 0.321 e. The van der Waals surface area contributed by atoms with Gasteiger partial charge in [-0.2, -0.15) is 13.9 Å². The lowest BCUT2D eigenvalue weighted by Gasteiger charge is -2.17. The summed E-state index contributed by atoms with van der Waals surface area (Å²) in [6.07, 6.45) is 0. The fourth-order valence-electron chi connectivity index (χ4n) is 3.44. The zero-order valence-electron chi connectivity index (χ0n) is 18.7. The van der Waals surface area contributed by atoms with Crippen LogP contribution in [0.15, 0.2) is 60.7 Å². The number of benzene rings is 3. The number of nitrogens with one attached hydrogen (secondary N) is 1. The van der Waals surface area contributed by atoms with Gasteiger partial charge in [-0.25, -0.2) is 17.9 Å². The summed E-state index contributed by atoms with van der Waals surface area (Å²) in [5.74, 6) is -7.06. The van der Waals surface area contributed by atoms with E-state index in [4.69, 9.17) is 4.74 Å². The SMILES string of the molecule is CC(COc1ccc2c(c1)c(-c1ccc(F)c(F)c1)nn2-c1ccc(F)cc1)NC(=O)C(C)(F)F. The first-order chi connectivity index (χ1) is 16.5. The fourth-order valence-corrected chi connectivity index (χ4v) is 3.44. The summed E-state index contributed by atoms with van der Waals surface area (Å²) < 4.78 is 74.3. The Morgan fingerprint density at radius 2 is 1.74 bits per heavy atom. The second-order valence-electron chi connectivity index (χ2n) is 8.12. The summed E-state index contributed by atoms with van der Waals surface area (Å²) in [6.45, 7) is 1.92. The third-order valence-electron chi connectivity index (χ3n) is 5.19. The van der Waals surface area contributed by atoms with Gasteiger partial charge in [-0.1, -0.05) is 0 Å². The molecule has 10 heteroatoms. The van der Waals surface area contributed by atoms with Gasteiger partial charge in [-0.15, -0.1) is 0 Å². The van der Waals surface area contributed by atoms with Crippen LogP contribution in [-0.2, 0) is 4.79 Å². The molecule has 1 amide bonds. The maximum Gasteiger partial charge on any atom is 0.321 e. The van der Waals surface area contributed by atoms with Gasteiger partial charge >= 0.3 is 5.92 Å². The predicted molar refractivity (Wildman–Crippen MR) is 120 cm³/mol. The van der Waals surface area contributed by atoms with E-state index >= 15 is 0 Å². The molecule has 0 saturated carbocycles. The molecule has 0 radical (unpaired) electrons. The highest BCUT2D eigenvalue weighted by Gasteiger charge is 2.33. The number of hydrogen-bond donors (Lipinski definition) is 1. The van der Waals surface area contributed by atoms with E-state index in [-0.39, 0.29) is 6.61 Å². The number of carbonyl (C=O) groups is 1. The van der Waals surface area contributed by atoms with Gasteiger partial charge < -0.3 is 10.1 Å². The predicted octanol–water partition coefficient (Wildman–Crippen LogP) is 5.65. The molecule has 5 nitrogen and oxygen atoms in total. The van der Waals surface area contributed by atoms with Crippen molar-refractivity contribution in [2.45, 2.75) is 25.8 Å². The normalized spacial score (nSPS) is 12.5. The molecule has 0 aliphatic carbocycles. The van der Waals surface area contributed by atoms with Crippen LogP contribution < -0.4 is 10.1 Å². The third-order valence-corrected chi connectivity index (χ3v) is 5.19. The maximum absolute atomic E-state index is 14.0. The number of hydrogen-bond acceptors (Lipinski definition) is 3. The van der Waals surface area contributed by atoms with E-state index in [1.54, 1.807) is 18.2 Å². The number of carbonyl (C=O) groups excluding carboxylic acids is 1. The second kappa shape index (κ2) is 9.36. The number of aromatic nitrogens is 2. The van der Waals surface area contributed by atoms with Crippen molar-refractivity contribution in [2.75, 3.05) is 6.61 Å². The lowest BCUT2D eigenvalue weighted by Crippen LogP contribution is -2.44. The lowest BCUT2D eigenvalue weighted by atomic mass is 10.1. The first-order valence-electron chi connectivity index (χ1n) is 10.6. The van der Waals surface area contributed by atoms with Gasteiger partial charge in [0.15, 0.2) is 11.6 Å². The minimum absolute atomic E-state index is 0.0973. The number of halogens is 5. The van der Waals surface area contributed by atoms with Gasteiger partial charge in [0.1, 0.15) is 23.9 Å². The van der Waals surface area contributed by atoms with E-state index in [1.807, 2.05) is 0 Å². The average Bonchev–Trinajstić information content (AvgIpc) is 3.18. The molecule has 1 aromatic heterocycles. The van der Waals surface area contributed by atoms with Crippen molar-refractivity contribution in [1.29, 1.82) is 0 Å². The Hall–Kier alpha value is -3.95. The summed E-state index contributed by atoms with van der Waals surface area (Å²) in [5, 5.41) is 7.23. The van der Waals surface area contributed by atoms with Crippen LogP contribution >= 0.6 is 0 Å². The van der Waals surface area contributed by atoms with Crippen LogP contribution in [0.25, 0.3) is 27.8 Å². The fraction of sp³-hybridized carbons (Fsp3) is 0.200. The Bertz CT molecular complexity index is 1380. The Labute approximate surface area is 197 Å².